The zero-order valence-electron chi connectivity index (χ0n) is 12.1. The number of alkyl halides is 2. The number of halogens is 4. The molecule has 0 bridgehead atoms. The van der Waals surface area contributed by atoms with Crippen molar-refractivity contribution in [1.29, 1.82) is 0 Å². The highest BCUT2D eigenvalue weighted by Crippen LogP contribution is 2.31. The number of hydrogen-bond donors (Lipinski definition) is 2. The summed E-state index contributed by atoms with van der Waals surface area (Å²) in [4.78, 5) is 12.1. The Morgan fingerprint density at radius 3 is 2.74 bits per heavy atom. The molecule has 0 radical (unpaired) electrons. The van der Waals surface area contributed by atoms with Gasteiger partial charge in [0.05, 0.1) is 18.6 Å². The number of hydrogen-bond acceptors (Lipinski definition) is 3. The zero-order valence-corrected chi connectivity index (χ0v) is 12.1. The predicted octanol–water partition coefficient (Wildman–Crippen LogP) is 1.91. The molecule has 23 heavy (non-hydrogen) atoms. The molecule has 0 spiro atoms. The summed E-state index contributed by atoms with van der Waals surface area (Å²) in [5.41, 5.74) is 0.399. The van der Waals surface area contributed by atoms with Crippen LogP contribution in [0.25, 0.3) is 0 Å². The van der Waals surface area contributed by atoms with E-state index in [1.807, 2.05) is 0 Å². The highest BCUT2D eigenvalue weighted by molar-refractivity contribution is 5.82. The molecule has 2 saturated heterocycles. The van der Waals surface area contributed by atoms with Crippen molar-refractivity contribution in [2.75, 3.05) is 13.2 Å². The van der Waals surface area contributed by atoms with Gasteiger partial charge in [-0.1, -0.05) is 6.07 Å². The van der Waals surface area contributed by atoms with Gasteiger partial charge in [-0.3, -0.25) is 10.1 Å². The van der Waals surface area contributed by atoms with Crippen molar-refractivity contribution >= 4 is 5.91 Å². The molecule has 126 valence electrons. The van der Waals surface area contributed by atoms with Crippen molar-refractivity contribution in [1.82, 2.24) is 10.6 Å². The van der Waals surface area contributed by atoms with E-state index < -0.39 is 54.6 Å². The monoisotopic (exact) mass is 332 g/mol. The molecule has 1 amide bonds. The molecule has 3 unspecified atom stereocenters. The Kier molecular flexibility index (Phi) is 4.29. The average Bonchev–Trinajstić information content (AvgIpc) is 3.08. The van der Waals surface area contributed by atoms with Gasteiger partial charge in [0.15, 0.2) is 11.6 Å². The molecule has 8 heteroatoms. The zero-order chi connectivity index (χ0) is 16.6. The van der Waals surface area contributed by atoms with Gasteiger partial charge in [0.1, 0.15) is 6.10 Å². The lowest BCUT2D eigenvalue weighted by Gasteiger charge is -2.22. The minimum absolute atomic E-state index is 0.336. The first kappa shape index (κ1) is 16.2. The lowest BCUT2D eigenvalue weighted by molar-refractivity contribution is -0.124. The van der Waals surface area contributed by atoms with E-state index in [0.717, 1.165) is 12.1 Å². The highest BCUT2D eigenvalue weighted by atomic mass is 19.3. The molecule has 3 atom stereocenters. The second kappa shape index (κ2) is 6.09. The largest absolute Gasteiger partial charge is 0.371 e. The summed E-state index contributed by atoms with van der Waals surface area (Å²) in [5.74, 6) is -5.40. The van der Waals surface area contributed by atoms with Gasteiger partial charge in [-0.2, -0.15) is 0 Å². The summed E-state index contributed by atoms with van der Waals surface area (Å²) >= 11 is 0. The second-order valence-corrected chi connectivity index (χ2v) is 5.86. The van der Waals surface area contributed by atoms with Crippen LogP contribution in [0.5, 0.6) is 0 Å². The third-order valence-electron chi connectivity index (χ3n) is 4.12. The molecule has 2 fully saturated rings. The molecule has 0 saturated carbocycles. The smallest absolute Gasteiger partial charge is 0.262 e. The normalized spacial score (nSPS) is 29.7. The molecule has 2 aliphatic rings. The van der Waals surface area contributed by atoms with Gasteiger partial charge in [-0.05, 0) is 24.1 Å². The van der Waals surface area contributed by atoms with Crippen LogP contribution in [-0.2, 0) is 9.53 Å². The van der Waals surface area contributed by atoms with E-state index in [-0.39, 0.29) is 0 Å². The molecule has 2 aliphatic heterocycles. The quantitative estimate of drug-likeness (QED) is 0.832. The SMILES string of the molecule is O=C(NC1CCOC1c1ccc(F)c(F)c1)C1CC(F)(F)CN1. The summed E-state index contributed by atoms with van der Waals surface area (Å²) in [7, 11) is 0. The molecule has 0 aliphatic carbocycles. The first-order valence-corrected chi connectivity index (χ1v) is 7.34. The van der Waals surface area contributed by atoms with Gasteiger partial charge in [0.2, 0.25) is 5.91 Å². The molecule has 0 aromatic heterocycles. The molecule has 2 N–H and O–H groups in total. The maximum Gasteiger partial charge on any atom is 0.262 e. The van der Waals surface area contributed by atoms with Crippen LogP contribution in [0.1, 0.15) is 24.5 Å². The summed E-state index contributed by atoms with van der Waals surface area (Å²) in [6.07, 6.45) is -0.711. The van der Waals surface area contributed by atoms with E-state index in [0.29, 0.717) is 18.6 Å². The van der Waals surface area contributed by atoms with E-state index in [2.05, 4.69) is 10.6 Å². The first-order chi connectivity index (χ1) is 10.9. The van der Waals surface area contributed by atoms with Gasteiger partial charge < -0.3 is 10.1 Å². The van der Waals surface area contributed by atoms with Crippen LogP contribution >= 0.6 is 0 Å². The van der Waals surface area contributed by atoms with Crippen molar-refractivity contribution in [3.05, 3.63) is 35.4 Å². The van der Waals surface area contributed by atoms with Gasteiger partial charge in [0, 0.05) is 13.0 Å². The Morgan fingerprint density at radius 2 is 2.09 bits per heavy atom. The number of benzene rings is 1. The van der Waals surface area contributed by atoms with Crippen molar-refractivity contribution in [2.24, 2.45) is 0 Å². The van der Waals surface area contributed by atoms with Crippen LogP contribution in [-0.4, -0.2) is 37.1 Å². The van der Waals surface area contributed by atoms with Crippen LogP contribution in [0, 0.1) is 11.6 Å². The third kappa shape index (κ3) is 3.48. The first-order valence-electron chi connectivity index (χ1n) is 7.34. The van der Waals surface area contributed by atoms with E-state index in [1.54, 1.807) is 0 Å². The van der Waals surface area contributed by atoms with Crippen molar-refractivity contribution < 1.29 is 27.1 Å². The highest BCUT2D eigenvalue weighted by Gasteiger charge is 2.43. The van der Waals surface area contributed by atoms with E-state index in [4.69, 9.17) is 4.74 Å². The molecular weight excluding hydrogens is 316 g/mol. The minimum Gasteiger partial charge on any atom is -0.371 e. The number of ether oxygens (including phenoxy) is 1. The van der Waals surface area contributed by atoms with Gasteiger partial charge >= 0.3 is 0 Å². The Morgan fingerprint density at radius 1 is 1.30 bits per heavy atom. The fraction of sp³-hybridized carbons (Fsp3) is 0.533. The van der Waals surface area contributed by atoms with Crippen molar-refractivity contribution in [3.8, 4) is 0 Å². The topological polar surface area (TPSA) is 50.4 Å². The maximum absolute atomic E-state index is 13.3. The van der Waals surface area contributed by atoms with Crippen molar-refractivity contribution in [3.63, 3.8) is 0 Å². The fourth-order valence-corrected chi connectivity index (χ4v) is 2.94. The molecule has 1 aromatic rings. The Bertz CT molecular complexity index is 611. The lowest BCUT2D eigenvalue weighted by atomic mass is 10.0. The molecule has 1 aromatic carbocycles. The maximum atomic E-state index is 13.3. The van der Waals surface area contributed by atoms with Crippen LogP contribution < -0.4 is 10.6 Å². The molecular formula is C15H16F4N2O2. The third-order valence-corrected chi connectivity index (χ3v) is 4.12. The lowest BCUT2D eigenvalue weighted by Crippen LogP contribution is -2.46. The summed E-state index contributed by atoms with van der Waals surface area (Å²) in [6, 6.07) is 1.96. The van der Waals surface area contributed by atoms with Crippen molar-refractivity contribution in [2.45, 2.75) is 37.0 Å². The standard InChI is InChI=1S/C15H16F4N2O2/c16-9-2-1-8(5-10(9)17)13-11(3-4-23-13)21-14(22)12-6-15(18,19)7-20-12/h1-2,5,11-13,20H,3-4,6-7H2,(H,21,22). The molecule has 3 rings (SSSR count). The van der Waals surface area contributed by atoms with Gasteiger partial charge in [-0.25, -0.2) is 17.6 Å². The van der Waals surface area contributed by atoms with Crippen LogP contribution in [0.15, 0.2) is 18.2 Å². The van der Waals surface area contributed by atoms with E-state index >= 15 is 0 Å². The predicted molar refractivity (Wildman–Crippen MR) is 73.0 cm³/mol. The van der Waals surface area contributed by atoms with Crippen LogP contribution in [0.2, 0.25) is 0 Å². The molecule has 2 heterocycles. The summed E-state index contributed by atoms with van der Waals surface area (Å²) < 4.78 is 58.1. The number of nitrogens with one attached hydrogen (secondary N) is 2. The number of carbonyl (C=O) groups is 1. The van der Waals surface area contributed by atoms with Crippen LogP contribution in [0.4, 0.5) is 17.6 Å². The van der Waals surface area contributed by atoms with Gasteiger partial charge in [0.25, 0.3) is 5.92 Å². The summed E-state index contributed by atoms with van der Waals surface area (Å²) in [5, 5.41) is 5.14. The van der Waals surface area contributed by atoms with E-state index in [1.165, 1.54) is 6.07 Å². The van der Waals surface area contributed by atoms with Gasteiger partial charge in [-0.15, -0.1) is 0 Å². The number of carbonyl (C=O) groups excluding carboxylic acids is 1. The average molecular weight is 332 g/mol. The Hall–Kier alpha value is -1.67. The van der Waals surface area contributed by atoms with Crippen LogP contribution in [0.3, 0.4) is 0 Å². The second-order valence-electron chi connectivity index (χ2n) is 5.86. The number of rotatable bonds is 3. The van der Waals surface area contributed by atoms with E-state index in [9.17, 15) is 22.4 Å². The minimum atomic E-state index is -2.90. The Balaban J connectivity index is 1.67. The Labute approximate surface area is 130 Å². The number of amides is 1. The summed E-state index contributed by atoms with van der Waals surface area (Å²) in [6.45, 7) is -0.193. The molecule has 4 nitrogen and oxygen atoms in total. The fourth-order valence-electron chi connectivity index (χ4n) is 2.94.